The van der Waals surface area contributed by atoms with Crippen LogP contribution in [0.5, 0.6) is 17.2 Å². The van der Waals surface area contributed by atoms with Gasteiger partial charge in [-0.25, -0.2) is 9.97 Å². The van der Waals surface area contributed by atoms with Gasteiger partial charge in [0.05, 0.1) is 30.7 Å². The number of imidazole rings is 1. The van der Waals surface area contributed by atoms with Crippen molar-refractivity contribution >= 4 is 34.6 Å². The largest absolute Gasteiger partial charge is 0.508 e. The standard InChI is InChI=1S/C38H33ClN8O2/c39-30-10-4-26(5-11-30)22-44-37-38-45-24-35(47(38)19-17-42-37)29-8-14-32(15-9-29)49-33-3-1-2-27(20-33)23-43-36-25-46(18-16-41-36)34(21-40)28-6-12-31(48)13-7-28/h1-21,24,48H,22-23,25,40H2,(H,41,43)(H,42,44)/b34-21-. The molecule has 0 radical (unpaired) electrons. The number of anilines is 1. The molecule has 6 aromatic rings. The summed E-state index contributed by atoms with van der Waals surface area (Å²) in [6, 6.07) is 30.5. The Kier molecular flexibility index (Phi) is 9.11. The number of phenolic OH excluding ortho intramolecular Hbond substituents is 1. The van der Waals surface area contributed by atoms with Crippen molar-refractivity contribution in [3.8, 4) is 28.5 Å². The zero-order chi connectivity index (χ0) is 33.6. The first-order valence-electron chi connectivity index (χ1n) is 15.6. The number of aliphatic imine (C=N–C) groups is 1. The van der Waals surface area contributed by atoms with Crippen molar-refractivity contribution in [3.05, 3.63) is 156 Å². The summed E-state index contributed by atoms with van der Waals surface area (Å²) in [5.41, 5.74) is 12.5. The molecule has 0 atom stereocenters. The van der Waals surface area contributed by atoms with E-state index >= 15 is 0 Å². The van der Waals surface area contributed by atoms with Crippen LogP contribution < -0.4 is 21.1 Å². The van der Waals surface area contributed by atoms with Crippen LogP contribution in [-0.4, -0.2) is 36.8 Å². The SMILES string of the molecule is N/C=C(/c1ccc(O)cc1)N1C=CNC(=NCc2cccc(Oc3ccc(-c4cnc5c(NCc6ccc(Cl)cc6)nccn45)cc3)c2)C1. The maximum absolute atomic E-state index is 9.65. The topological polar surface area (TPSA) is 125 Å². The highest BCUT2D eigenvalue weighted by molar-refractivity contribution is 6.30. The Morgan fingerprint density at radius 1 is 0.980 bits per heavy atom. The minimum Gasteiger partial charge on any atom is -0.508 e. The molecule has 2 aromatic heterocycles. The lowest BCUT2D eigenvalue weighted by Gasteiger charge is -2.27. The van der Waals surface area contributed by atoms with E-state index in [1.54, 1.807) is 24.5 Å². The number of rotatable bonds is 10. The normalized spacial score (nSPS) is 13.9. The Balaban J connectivity index is 0.990. The first kappa shape index (κ1) is 31.3. The first-order valence-corrected chi connectivity index (χ1v) is 16.0. The molecule has 1 aliphatic heterocycles. The number of nitrogens with zero attached hydrogens (tertiary/aromatic N) is 5. The Morgan fingerprint density at radius 2 is 1.80 bits per heavy atom. The van der Waals surface area contributed by atoms with E-state index < -0.39 is 0 Å². The smallest absolute Gasteiger partial charge is 0.180 e. The van der Waals surface area contributed by atoms with Gasteiger partial charge in [0.1, 0.15) is 23.1 Å². The molecule has 0 amide bonds. The van der Waals surface area contributed by atoms with E-state index in [2.05, 4.69) is 20.6 Å². The van der Waals surface area contributed by atoms with Crippen LogP contribution in [0.2, 0.25) is 5.02 Å². The number of hydrogen-bond acceptors (Lipinski definition) is 8. The van der Waals surface area contributed by atoms with E-state index in [1.165, 1.54) is 0 Å². The Morgan fingerprint density at radius 3 is 2.59 bits per heavy atom. The number of ether oxygens (including phenoxy) is 1. The number of amidine groups is 1. The van der Waals surface area contributed by atoms with E-state index in [4.69, 9.17) is 27.1 Å². The Labute approximate surface area is 288 Å². The third-order valence-electron chi connectivity index (χ3n) is 7.99. The molecule has 4 aromatic carbocycles. The average molecular weight is 669 g/mol. The summed E-state index contributed by atoms with van der Waals surface area (Å²) >= 11 is 6.02. The number of hydrogen-bond donors (Lipinski definition) is 4. The van der Waals surface area contributed by atoms with Crippen molar-refractivity contribution in [2.45, 2.75) is 13.1 Å². The van der Waals surface area contributed by atoms with Gasteiger partial charge in [-0.1, -0.05) is 35.9 Å². The summed E-state index contributed by atoms with van der Waals surface area (Å²) in [4.78, 5) is 16.0. The molecule has 0 bridgehead atoms. The fourth-order valence-electron chi connectivity index (χ4n) is 5.50. The van der Waals surface area contributed by atoms with Crippen LogP contribution in [0.4, 0.5) is 5.82 Å². The minimum atomic E-state index is 0.205. The molecular weight excluding hydrogens is 636 g/mol. The van der Waals surface area contributed by atoms with Gasteiger partial charge in [-0.15, -0.1) is 0 Å². The van der Waals surface area contributed by atoms with Crippen LogP contribution in [0.15, 0.2) is 139 Å². The molecule has 0 unspecified atom stereocenters. The van der Waals surface area contributed by atoms with Gasteiger partial charge in [0.25, 0.3) is 0 Å². The molecule has 5 N–H and O–H groups in total. The lowest BCUT2D eigenvalue weighted by Crippen LogP contribution is -2.36. The van der Waals surface area contributed by atoms with Gasteiger partial charge in [0.2, 0.25) is 0 Å². The number of nitrogens with one attached hydrogen (secondary N) is 2. The van der Waals surface area contributed by atoms with E-state index in [-0.39, 0.29) is 5.75 Å². The van der Waals surface area contributed by atoms with Crippen molar-refractivity contribution in [1.82, 2.24) is 24.6 Å². The van der Waals surface area contributed by atoms with Crippen LogP contribution in [0, 0.1) is 0 Å². The number of aromatic nitrogens is 3. The van der Waals surface area contributed by atoms with Crippen LogP contribution in [0.3, 0.4) is 0 Å². The molecule has 10 nitrogen and oxygen atoms in total. The second-order valence-corrected chi connectivity index (χ2v) is 11.8. The van der Waals surface area contributed by atoms with Crippen LogP contribution >= 0.6 is 11.6 Å². The molecule has 0 spiro atoms. The van der Waals surface area contributed by atoms with Crippen molar-refractivity contribution in [2.75, 3.05) is 11.9 Å². The lowest BCUT2D eigenvalue weighted by molar-refractivity contribution is 0.475. The summed E-state index contributed by atoms with van der Waals surface area (Å²) in [6.45, 7) is 1.60. The van der Waals surface area contributed by atoms with Crippen molar-refractivity contribution < 1.29 is 9.84 Å². The predicted molar refractivity (Wildman–Crippen MR) is 194 cm³/mol. The van der Waals surface area contributed by atoms with E-state index in [1.807, 2.05) is 119 Å². The molecular formula is C38H33ClN8O2. The fraction of sp³-hybridized carbons (Fsp3) is 0.0789. The molecule has 0 saturated carbocycles. The average Bonchev–Trinajstić information content (AvgIpc) is 3.57. The van der Waals surface area contributed by atoms with Gasteiger partial charge in [-0.2, -0.15) is 0 Å². The third kappa shape index (κ3) is 7.34. The summed E-state index contributed by atoms with van der Waals surface area (Å²) in [5.74, 6) is 3.15. The summed E-state index contributed by atoms with van der Waals surface area (Å²) in [5, 5.41) is 17.0. The van der Waals surface area contributed by atoms with E-state index in [0.29, 0.717) is 30.5 Å². The number of benzene rings is 4. The molecule has 0 saturated heterocycles. The Hall–Kier alpha value is -6.26. The molecule has 0 aliphatic carbocycles. The summed E-state index contributed by atoms with van der Waals surface area (Å²) < 4.78 is 8.24. The van der Waals surface area contributed by atoms with Gasteiger partial charge >= 0.3 is 0 Å². The van der Waals surface area contributed by atoms with Gasteiger partial charge in [0, 0.05) is 48.1 Å². The first-order chi connectivity index (χ1) is 24.0. The molecule has 49 heavy (non-hydrogen) atoms. The van der Waals surface area contributed by atoms with Gasteiger partial charge in [-0.05, 0) is 89.5 Å². The van der Waals surface area contributed by atoms with Crippen LogP contribution in [0.1, 0.15) is 16.7 Å². The quantitative estimate of drug-likeness (QED) is 0.119. The summed E-state index contributed by atoms with van der Waals surface area (Å²) in [6.07, 6.45) is 10.8. The highest BCUT2D eigenvalue weighted by atomic mass is 35.5. The lowest BCUT2D eigenvalue weighted by atomic mass is 10.1. The monoisotopic (exact) mass is 668 g/mol. The second-order valence-electron chi connectivity index (χ2n) is 11.3. The minimum absolute atomic E-state index is 0.205. The highest BCUT2D eigenvalue weighted by Gasteiger charge is 2.16. The van der Waals surface area contributed by atoms with E-state index in [9.17, 15) is 5.11 Å². The predicted octanol–water partition coefficient (Wildman–Crippen LogP) is 7.39. The second kappa shape index (κ2) is 14.2. The molecule has 7 rings (SSSR count). The zero-order valence-corrected chi connectivity index (χ0v) is 27.1. The molecule has 1 aliphatic rings. The van der Waals surface area contributed by atoms with Crippen molar-refractivity contribution in [3.63, 3.8) is 0 Å². The molecule has 244 valence electrons. The number of nitrogens with two attached hydrogens (primary N) is 1. The number of phenols is 1. The van der Waals surface area contributed by atoms with Crippen LogP contribution in [0.25, 0.3) is 22.6 Å². The highest BCUT2D eigenvalue weighted by Crippen LogP contribution is 2.29. The fourth-order valence-corrected chi connectivity index (χ4v) is 5.63. The van der Waals surface area contributed by atoms with Crippen LogP contribution in [-0.2, 0) is 13.1 Å². The third-order valence-corrected chi connectivity index (χ3v) is 8.24. The number of fused-ring (bicyclic) bond motifs is 1. The van der Waals surface area contributed by atoms with Gasteiger partial charge in [-0.3, -0.25) is 9.39 Å². The van der Waals surface area contributed by atoms with Gasteiger partial charge in [0.15, 0.2) is 11.5 Å². The van der Waals surface area contributed by atoms with E-state index in [0.717, 1.165) is 56.6 Å². The van der Waals surface area contributed by atoms with Crippen molar-refractivity contribution in [2.24, 2.45) is 10.7 Å². The maximum atomic E-state index is 9.65. The zero-order valence-electron chi connectivity index (χ0n) is 26.4. The number of aromatic hydroxyl groups is 1. The number of halogens is 1. The summed E-state index contributed by atoms with van der Waals surface area (Å²) in [7, 11) is 0. The molecule has 0 fully saturated rings. The van der Waals surface area contributed by atoms with Crippen molar-refractivity contribution in [1.29, 1.82) is 0 Å². The Bertz CT molecular complexity index is 2160. The van der Waals surface area contributed by atoms with Gasteiger partial charge < -0.3 is 31.1 Å². The maximum Gasteiger partial charge on any atom is 0.180 e. The molecule has 3 heterocycles. The molecule has 11 heteroatoms.